The zero-order chi connectivity index (χ0) is 15.8. The van der Waals surface area contributed by atoms with Crippen LogP contribution in [0.5, 0.6) is 0 Å². The second-order valence-corrected chi connectivity index (χ2v) is 6.81. The normalized spacial score (nSPS) is 11.5. The van der Waals surface area contributed by atoms with Crippen LogP contribution in [0.25, 0.3) is 11.3 Å². The summed E-state index contributed by atoms with van der Waals surface area (Å²) in [6.45, 7) is 5.32. The third-order valence-electron chi connectivity index (χ3n) is 2.45. The van der Waals surface area contributed by atoms with Gasteiger partial charge in [0.1, 0.15) is 16.9 Å². The van der Waals surface area contributed by atoms with Crippen molar-refractivity contribution in [1.29, 1.82) is 0 Å². The number of hydrogen-bond donors (Lipinski definition) is 0. The van der Waals surface area contributed by atoms with Gasteiger partial charge in [-0.15, -0.1) is 0 Å². The maximum Gasteiger partial charge on any atom is 0.345 e. The van der Waals surface area contributed by atoms with E-state index in [1.807, 2.05) is 0 Å². The van der Waals surface area contributed by atoms with Crippen LogP contribution >= 0.6 is 39.1 Å². The van der Waals surface area contributed by atoms with Crippen molar-refractivity contribution >= 4 is 45.1 Å². The van der Waals surface area contributed by atoms with E-state index in [0.29, 0.717) is 15.6 Å². The minimum absolute atomic E-state index is 0.153. The molecule has 7 heteroatoms. The monoisotopic (exact) mass is 391 g/mol. The summed E-state index contributed by atoms with van der Waals surface area (Å²) in [5.41, 5.74) is 0.179. The maximum absolute atomic E-state index is 12.3. The van der Waals surface area contributed by atoms with Crippen molar-refractivity contribution in [3.63, 3.8) is 0 Å². The lowest BCUT2D eigenvalue weighted by atomic mass is 10.1. The standard InChI is InChI=1S/C14H12BrCl2NO3/c1-14(2,3)20-13(19)10-11(18-21-12(10)15)9-7(16)5-4-6-8(9)17/h4-6H,1-3H3. The van der Waals surface area contributed by atoms with E-state index in [9.17, 15) is 4.79 Å². The van der Waals surface area contributed by atoms with E-state index in [1.54, 1.807) is 39.0 Å². The highest BCUT2D eigenvalue weighted by Gasteiger charge is 2.29. The van der Waals surface area contributed by atoms with Crippen LogP contribution in [0.2, 0.25) is 10.0 Å². The summed E-state index contributed by atoms with van der Waals surface area (Å²) in [4.78, 5) is 12.3. The molecule has 0 aliphatic rings. The molecule has 0 unspecified atom stereocenters. The summed E-state index contributed by atoms with van der Waals surface area (Å²) in [5.74, 6) is -0.568. The van der Waals surface area contributed by atoms with E-state index in [1.165, 1.54) is 0 Å². The van der Waals surface area contributed by atoms with Gasteiger partial charge in [-0.2, -0.15) is 0 Å². The van der Waals surface area contributed by atoms with Crippen molar-refractivity contribution < 1.29 is 14.1 Å². The Kier molecular flexibility index (Phi) is 4.66. The van der Waals surface area contributed by atoms with E-state index >= 15 is 0 Å². The molecule has 0 radical (unpaired) electrons. The maximum atomic E-state index is 12.3. The SMILES string of the molecule is CC(C)(C)OC(=O)c1c(-c2c(Cl)cccc2Cl)noc1Br. The number of benzene rings is 1. The Bertz CT molecular complexity index is 672. The van der Waals surface area contributed by atoms with Crippen molar-refractivity contribution in [2.24, 2.45) is 0 Å². The lowest BCUT2D eigenvalue weighted by Gasteiger charge is -2.19. The van der Waals surface area contributed by atoms with Gasteiger partial charge in [0.05, 0.1) is 10.0 Å². The molecule has 21 heavy (non-hydrogen) atoms. The zero-order valence-electron chi connectivity index (χ0n) is 11.5. The molecule has 1 heterocycles. The molecular weight excluding hydrogens is 381 g/mol. The van der Waals surface area contributed by atoms with Crippen LogP contribution < -0.4 is 0 Å². The van der Waals surface area contributed by atoms with Crippen LogP contribution in [-0.2, 0) is 4.74 Å². The number of hydrogen-bond acceptors (Lipinski definition) is 4. The summed E-state index contributed by atoms with van der Waals surface area (Å²) in [6.07, 6.45) is 0. The number of carbonyl (C=O) groups excluding carboxylic acids is 1. The number of rotatable bonds is 2. The van der Waals surface area contributed by atoms with Gasteiger partial charge < -0.3 is 9.26 Å². The summed E-state index contributed by atoms with van der Waals surface area (Å²) in [7, 11) is 0. The smallest absolute Gasteiger partial charge is 0.345 e. The van der Waals surface area contributed by atoms with Gasteiger partial charge in [0, 0.05) is 5.56 Å². The van der Waals surface area contributed by atoms with Gasteiger partial charge in [-0.1, -0.05) is 34.4 Å². The van der Waals surface area contributed by atoms with Gasteiger partial charge in [-0.05, 0) is 48.8 Å². The van der Waals surface area contributed by atoms with E-state index < -0.39 is 11.6 Å². The fourth-order valence-corrected chi connectivity index (χ4v) is 2.67. The predicted octanol–water partition coefficient (Wildman–Crippen LogP) is 5.37. The molecule has 0 spiro atoms. The summed E-state index contributed by atoms with van der Waals surface area (Å²) < 4.78 is 10.6. The first-order valence-electron chi connectivity index (χ1n) is 6.03. The highest BCUT2D eigenvalue weighted by atomic mass is 79.9. The molecule has 0 aliphatic heterocycles. The van der Waals surface area contributed by atoms with Crippen molar-refractivity contribution in [1.82, 2.24) is 5.16 Å². The molecule has 2 rings (SSSR count). The average molecular weight is 393 g/mol. The molecule has 2 aromatic rings. The van der Waals surface area contributed by atoms with E-state index in [4.69, 9.17) is 32.5 Å². The third-order valence-corrected chi connectivity index (χ3v) is 3.62. The lowest BCUT2D eigenvalue weighted by Crippen LogP contribution is -2.24. The minimum atomic E-state index is -0.644. The van der Waals surface area contributed by atoms with Crippen molar-refractivity contribution in [2.75, 3.05) is 0 Å². The number of esters is 1. The fraction of sp³-hybridized carbons (Fsp3) is 0.286. The van der Waals surface area contributed by atoms with E-state index in [2.05, 4.69) is 21.1 Å². The van der Waals surface area contributed by atoms with E-state index in [0.717, 1.165) is 0 Å². The van der Waals surface area contributed by atoms with Gasteiger partial charge in [-0.3, -0.25) is 0 Å². The van der Waals surface area contributed by atoms with Gasteiger partial charge in [0.25, 0.3) is 0 Å². The average Bonchev–Trinajstić information content (AvgIpc) is 2.68. The highest BCUT2D eigenvalue weighted by Crippen LogP contribution is 2.38. The van der Waals surface area contributed by atoms with Crippen LogP contribution in [-0.4, -0.2) is 16.7 Å². The van der Waals surface area contributed by atoms with Crippen LogP contribution in [0.4, 0.5) is 0 Å². The lowest BCUT2D eigenvalue weighted by molar-refractivity contribution is 0.00683. The summed E-state index contributed by atoms with van der Waals surface area (Å²) >= 11 is 15.5. The molecule has 0 bridgehead atoms. The first-order chi connectivity index (χ1) is 9.70. The van der Waals surface area contributed by atoms with Crippen molar-refractivity contribution in [3.05, 3.63) is 38.5 Å². The van der Waals surface area contributed by atoms with Crippen molar-refractivity contribution in [2.45, 2.75) is 26.4 Å². The van der Waals surface area contributed by atoms with Gasteiger partial charge in [0.15, 0.2) is 0 Å². The fourth-order valence-electron chi connectivity index (χ4n) is 1.67. The number of halogens is 3. The Morgan fingerprint density at radius 3 is 2.38 bits per heavy atom. The first-order valence-corrected chi connectivity index (χ1v) is 7.58. The summed E-state index contributed by atoms with van der Waals surface area (Å²) in [5, 5.41) is 4.60. The molecular formula is C14H12BrCl2NO3. The molecule has 0 atom stereocenters. The third kappa shape index (κ3) is 3.59. The van der Waals surface area contributed by atoms with Crippen molar-refractivity contribution in [3.8, 4) is 11.3 Å². The van der Waals surface area contributed by atoms with E-state index in [-0.39, 0.29) is 15.9 Å². The van der Waals surface area contributed by atoms with Gasteiger partial charge in [0.2, 0.25) is 4.67 Å². The molecule has 1 aromatic heterocycles. The number of nitrogens with zero attached hydrogens (tertiary/aromatic N) is 1. The Labute approximate surface area is 140 Å². The molecule has 0 N–H and O–H groups in total. The topological polar surface area (TPSA) is 52.3 Å². The van der Waals surface area contributed by atoms with Crippen LogP contribution in [0.1, 0.15) is 31.1 Å². The molecule has 0 saturated carbocycles. The Hall–Kier alpha value is -1.04. The number of ether oxygens (including phenoxy) is 1. The number of aromatic nitrogens is 1. The Balaban J connectivity index is 2.56. The molecule has 0 saturated heterocycles. The Morgan fingerprint density at radius 2 is 1.86 bits per heavy atom. The van der Waals surface area contributed by atoms with Crippen LogP contribution in [0.3, 0.4) is 0 Å². The quantitative estimate of drug-likeness (QED) is 0.645. The van der Waals surface area contributed by atoms with Crippen LogP contribution in [0, 0.1) is 0 Å². The molecule has 112 valence electrons. The second-order valence-electron chi connectivity index (χ2n) is 5.28. The predicted molar refractivity (Wildman–Crippen MR) is 84.8 cm³/mol. The minimum Gasteiger partial charge on any atom is -0.456 e. The van der Waals surface area contributed by atoms with Gasteiger partial charge in [-0.25, -0.2) is 4.79 Å². The van der Waals surface area contributed by atoms with Gasteiger partial charge >= 0.3 is 5.97 Å². The molecule has 1 aromatic carbocycles. The molecule has 0 fully saturated rings. The molecule has 4 nitrogen and oxygen atoms in total. The molecule has 0 aliphatic carbocycles. The number of carbonyl (C=O) groups is 1. The molecule has 0 amide bonds. The van der Waals surface area contributed by atoms with Crippen LogP contribution in [0.15, 0.2) is 27.4 Å². The first kappa shape index (κ1) is 16.3. The largest absolute Gasteiger partial charge is 0.456 e. The Morgan fingerprint density at radius 1 is 1.29 bits per heavy atom. The summed E-state index contributed by atoms with van der Waals surface area (Å²) in [6, 6.07) is 5.02. The highest BCUT2D eigenvalue weighted by molar-refractivity contribution is 9.10. The zero-order valence-corrected chi connectivity index (χ0v) is 14.6. The second kappa shape index (κ2) is 5.99.